The number of rotatable bonds is 3. The SMILES string of the molecule is CCC(=O)N1CCCC(c2nc(-c3cccnc3)no2)CCNC(=O)CC1. The van der Waals surface area contributed by atoms with E-state index in [1.807, 2.05) is 19.1 Å². The molecular weight excluding hydrogens is 346 g/mol. The molecule has 3 heterocycles. The van der Waals surface area contributed by atoms with Crippen LogP contribution in [0, 0.1) is 0 Å². The summed E-state index contributed by atoms with van der Waals surface area (Å²) in [7, 11) is 0. The molecule has 8 nitrogen and oxygen atoms in total. The van der Waals surface area contributed by atoms with Crippen molar-refractivity contribution in [2.45, 2.75) is 44.9 Å². The molecule has 1 unspecified atom stereocenters. The van der Waals surface area contributed by atoms with Crippen molar-refractivity contribution in [1.29, 1.82) is 0 Å². The van der Waals surface area contributed by atoms with Crippen LogP contribution in [-0.2, 0) is 9.59 Å². The first kappa shape index (κ1) is 19.0. The Morgan fingerprint density at radius 2 is 2.26 bits per heavy atom. The number of carbonyl (C=O) groups excluding carboxylic acids is 2. The second kappa shape index (κ2) is 9.25. The predicted octanol–water partition coefficient (Wildman–Crippen LogP) is 2.14. The monoisotopic (exact) mass is 371 g/mol. The smallest absolute Gasteiger partial charge is 0.230 e. The minimum Gasteiger partial charge on any atom is -0.356 e. The molecule has 0 radical (unpaired) electrons. The van der Waals surface area contributed by atoms with E-state index in [9.17, 15) is 9.59 Å². The molecule has 1 fully saturated rings. The molecule has 27 heavy (non-hydrogen) atoms. The fourth-order valence-electron chi connectivity index (χ4n) is 3.23. The molecule has 0 spiro atoms. The Balaban J connectivity index is 1.71. The highest BCUT2D eigenvalue weighted by Crippen LogP contribution is 2.26. The summed E-state index contributed by atoms with van der Waals surface area (Å²) in [5.74, 6) is 1.16. The molecule has 1 aliphatic heterocycles. The largest absolute Gasteiger partial charge is 0.356 e. The first-order chi connectivity index (χ1) is 13.2. The summed E-state index contributed by atoms with van der Waals surface area (Å²) < 4.78 is 5.50. The van der Waals surface area contributed by atoms with E-state index in [0.29, 0.717) is 44.2 Å². The second-order valence-electron chi connectivity index (χ2n) is 6.66. The third kappa shape index (κ3) is 5.12. The van der Waals surface area contributed by atoms with E-state index in [-0.39, 0.29) is 17.7 Å². The van der Waals surface area contributed by atoms with E-state index in [0.717, 1.165) is 24.8 Å². The van der Waals surface area contributed by atoms with Crippen molar-refractivity contribution in [3.8, 4) is 11.4 Å². The van der Waals surface area contributed by atoms with Crippen LogP contribution in [0.5, 0.6) is 0 Å². The van der Waals surface area contributed by atoms with Gasteiger partial charge in [-0.25, -0.2) is 0 Å². The van der Waals surface area contributed by atoms with Gasteiger partial charge in [-0.3, -0.25) is 14.6 Å². The number of nitrogens with one attached hydrogen (secondary N) is 1. The maximum Gasteiger partial charge on any atom is 0.230 e. The van der Waals surface area contributed by atoms with Gasteiger partial charge in [-0.2, -0.15) is 4.98 Å². The fraction of sp³-hybridized carbons (Fsp3) is 0.526. The fourth-order valence-corrected chi connectivity index (χ4v) is 3.23. The van der Waals surface area contributed by atoms with Gasteiger partial charge >= 0.3 is 0 Å². The van der Waals surface area contributed by atoms with Crippen molar-refractivity contribution >= 4 is 11.8 Å². The molecule has 1 N–H and O–H groups in total. The van der Waals surface area contributed by atoms with Crippen LogP contribution >= 0.6 is 0 Å². The van der Waals surface area contributed by atoms with Crippen LogP contribution in [0.15, 0.2) is 29.0 Å². The van der Waals surface area contributed by atoms with Gasteiger partial charge in [0, 0.05) is 56.4 Å². The summed E-state index contributed by atoms with van der Waals surface area (Å²) in [6, 6.07) is 3.71. The summed E-state index contributed by atoms with van der Waals surface area (Å²) in [6.07, 6.45) is 6.54. The first-order valence-electron chi connectivity index (χ1n) is 9.46. The zero-order chi connectivity index (χ0) is 19.1. The molecule has 1 atom stereocenters. The first-order valence-corrected chi connectivity index (χ1v) is 9.46. The van der Waals surface area contributed by atoms with Gasteiger partial charge in [0.15, 0.2) is 0 Å². The van der Waals surface area contributed by atoms with Crippen molar-refractivity contribution in [2.75, 3.05) is 19.6 Å². The Kier molecular flexibility index (Phi) is 6.51. The third-order valence-electron chi connectivity index (χ3n) is 4.77. The Labute approximate surface area is 158 Å². The van der Waals surface area contributed by atoms with Gasteiger partial charge in [0.2, 0.25) is 23.5 Å². The molecular formula is C19H25N5O3. The number of carbonyl (C=O) groups is 2. The van der Waals surface area contributed by atoms with Crippen LogP contribution in [-0.4, -0.2) is 51.5 Å². The van der Waals surface area contributed by atoms with E-state index >= 15 is 0 Å². The van der Waals surface area contributed by atoms with Gasteiger partial charge in [0.05, 0.1) is 0 Å². The van der Waals surface area contributed by atoms with Crippen LogP contribution in [0.2, 0.25) is 0 Å². The Morgan fingerprint density at radius 1 is 1.37 bits per heavy atom. The van der Waals surface area contributed by atoms with Crippen LogP contribution in [0.1, 0.15) is 50.8 Å². The predicted molar refractivity (Wildman–Crippen MR) is 98.6 cm³/mol. The Bertz CT molecular complexity index is 762. The van der Waals surface area contributed by atoms with Gasteiger partial charge in [0.1, 0.15) is 0 Å². The highest BCUT2D eigenvalue weighted by atomic mass is 16.5. The molecule has 144 valence electrons. The zero-order valence-electron chi connectivity index (χ0n) is 15.6. The van der Waals surface area contributed by atoms with Gasteiger partial charge in [-0.1, -0.05) is 12.1 Å². The zero-order valence-corrected chi connectivity index (χ0v) is 15.6. The number of pyridine rings is 1. The van der Waals surface area contributed by atoms with Gasteiger partial charge in [-0.15, -0.1) is 0 Å². The van der Waals surface area contributed by atoms with E-state index in [2.05, 4.69) is 20.4 Å². The minimum absolute atomic E-state index is 0.0360. The second-order valence-corrected chi connectivity index (χ2v) is 6.66. The normalized spacial score (nSPS) is 19.2. The molecule has 0 aromatic carbocycles. The number of amides is 2. The highest BCUT2D eigenvalue weighted by Gasteiger charge is 2.22. The maximum absolute atomic E-state index is 12.1. The molecule has 0 saturated carbocycles. The van der Waals surface area contributed by atoms with Crippen LogP contribution in [0.4, 0.5) is 0 Å². The maximum atomic E-state index is 12.1. The van der Waals surface area contributed by atoms with E-state index in [1.54, 1.807) is 17.3 Å². The van der Waals surface area contributed by atoms with Crippen molar-refractivity contribution < 1.29 is 14.1 Å². The summed E-state index contributed by atoms with van der Waals surface area (Å²) >= 11 is 0. The molecule has 2 aromatic heterocycles. The van der Waals surface area contributed by atoms with Crippen molar-refractivity contribution in [2.24, 2.45) is 0 Å². The lowest BCUT2D eigenvalue weighted by Gasteiger charge is -2.22. The van der Waals surface area contributed by atoms with Crippen LogP contribution in [0.3, 0.4) is 0 Å². The standard InChI is InChI=1S/C19H25N5O3/c1-2-17(26)24-11-4-6-14(7-10-21-16(25)8-12-24)19-22-18(23-27-19)15-5-3-9-20-13-15/h3,5,9,13-14H,2,4,6-8,10-12H2,1H3,(H,21,25). The molecule has 2 amide bonds. The van der Waals surface area contributed by atoms with Crippen molar-refractivity contribution in [3.05, 3.63) is 30.4 Å². The lowest BCUT2D eigenvalue weighted by molar-refractivity contribution is -0.131. The third-order valence-corrected chi connectivity index (χ3v) is 4.77. The molecule has 8 heteroatoms. The van der Waals surface area contributed by atoms with Crippen LogP contribution < -0.4 is 5.32 Å². The summed E-state index contributed by atoms with van der Waals surface area (Å²) in [5, 5.41) is 6.99. The summed E-state index contributed by atoms with van der Waals surface area (Å²) in [6.45, 7) is 3.50. The Hall–Kier alpha value is -2.77. The van der Waals surface area contributed by atoms with Gasteiger partial charge in [0.25, 0.3) is 0 Å². The lowest BCUT2D eigenvalue weighted by Crippen LogP contribution is -2.35. The molecule has 3 rings (SSSR count). The van der Waals surface area contributed by atoms with E-state index in [1.165, 1.54) is 0 Å². The van der Waals surface area contributed by atoms with E-state index < -0.39 is 0 Å². The van der Waals surface area contributed by atoms with Crippen molar-refractivity contribution in [3.63, 3.8) is 0 Å². The molecule has 0 bridgehead atoms. The topological polar surface area (TPSA) is 101 Å². The van der Waals surface area contributed by atoms with Crippen LogP contribution in [0.25, 0.3) is 11.4 Å². The average Bonchev–Trinajstić information content (AvgIpc) is 3.17. The number of aromatic nitrogens is 3. The van der Waals surface area contributed by atoms with Gasteiger partial charge in [-0.05, 0) is 31.4 Å². The molecule has 1 saturated heterocycles. The van der Waals surface area contributed by atoms with Gasteiger partial charge < -0.3 is 14.7 Å². The molecule has 0 aliphatic carbocycles. The summed E-state index contributed by atoms with van der Waals surface area (Å²) in [5.41, 5.74) is 0.803. The lowest BCUT2D eigenvalue weighted by atomic mass is 9.99. The summed E-state index contributed by atoms with van der Waals surface area (Å²) in [4.78, 5) is 34.5. The average molecular weight is 371 g/mol. The number of hydrogen-bond donors (Lipinski definition) is 1. The highest BCUT2D eigenvalue weighted by molar-refractivity contribution is 5.78. The quantitative estimate of drug-likeness (QED) is 0.887. The minimum atomic E-state index is -0.0360. The molecule has 1 aliphatic rings. The van der Waals surface area contributed by atoms with E-state index in [4.69, 9.17) is 4.52 Å². The Morgan fingerprint density at radius 3 is 3.04 bits per heavy atom. The molecule has 2 aromatic rings. The number of hydrogen-bond acceptors (Lipinski definition) is 6. The van der Waals surface area contributed by atoms with Crippen molar-refractivity contribution in [1.82, 2.24) is 25.3 Å². The number of nitrogens with zero attached hydrogens (tertiary/aromatic N) is 4.